The van der Waals surface area contributed by atoms with Crippen LogP contribution in [0.4, 0.5) is 5.69 Å². The molecule has 5 heteroatoms. The number of nitrogen functional groups attached to an aromatic ring is 1. The lowest BCUT2D eigenvalue weighted by Gasteiger charge is -2.34. The van der Waals surface area contributed by atoms with Crippen molar-refractivity contribution >= 4 is 11.6 Å². The maximum Gasteiger partial charge on any atom is 0.248 e. The number of piperidine rings is 1. The molecule has 0 bridgehead atoms. The molecule has 104 valence electrons. The zero-order valence-electron chi connectivity index (χ0n) is 11.0. The maximum absolute atomic E-state index is 11.1. The molecule has 1 amide bonds. The van der Waals surface area contributed by atoms with Crippen LogP contribution < -0.4 is 11.5 Å². The number of aliphatic hydroxyl groups excluding tert-OH is 1. The van der Waals surface area contributed by atoms with Gasteiger partial charge in [0.1, 0.15) is 0 Å². The third-order valence-corrected chi connectivity index (χ3v) is 3.76. The fraction of sp³-hybridized carbons (Fsp3) is 0.500. The van der Waals surface area contributed by atoms with Crippen molar-refractivity contribution in [3.8, 4) is 0 Å². The molecule has 1 aromatic rings. The van der Waals surface area contributed by atoms with E-state index in [4.69, 9.17) is 11.5 Å². The van der Waals surface area contributed by atoms with Crippen LogP contribution >= 0.6 is 0 Å². The Balaban J connectivity index is 2.11. The normalized spacial score (nSPS) is 20.4. The number of anilines is 1. The van der Waals surface area contributed by atoms with Gasteiger partial charge >= 0.3 is 0 Å². The van der Waals surface area contributed by atoms with Gasteiger partial charge in [-0.2, -0.15) is 0 Å². The number of nitrogens with zero attached hydrogens (tertiary/aromatic N) is 1. The number of aliphatic hydroxyl groups is 1. The minimum absolute atomic E-state index is 0.180. The second-order valence-corrected chi connectivity index (χ2v) is 5.08. The fourth-order valence-electron chi connectivity index (χ4n) is 2.59. The molecule has 2 rings (SSSR count). The fourth-order valence-corrected chi connectivity index (χ4v) is 2.59. The van der Waals surface area contributed by atoms with Gasteiger partial charge in [0.05, 0.1) is 6.61 Å². The van der Waals surface area contributed by atoms with E-state index in [1.54, 1.807) is 12.1 Å². The molecule has 0 saturated carbocycles. The highest BCUT2D eigenvalue weighted by Gasteiger charge is 2.22. The third-order valence-electron chi connectivity index (χ3n) is 3.76. The summed E-state index contributed by atoms with van der Waals surface area (Å²) < 4.78 is 0. The Morgan fingerprint density at radius 3 is 2.84 bits per heavy atom. The summed E-state index contributed by atoms with van der Waals surface area (Å²) in [4.78, 5) is 13.3. The number of hydrogen-bond donors (Lipinski definition) is 3. The number of carbonyl (C=O) groups excluding carboxylic acids is 1. The number of benzene rings is 1. The highest BCUT2D eigenvalue weighted by molar-refractivity contribution is 5.93. The van der Waals surface area contributed by atoms with Crippen molar-refractivity contribution in [1.82, 2.24) is 4.90 Å². The molecule has 1 unspecified atom stereocenters. The maximum atomic E-state index is 11.1. The third kappa shape index (κ3) is 3.24. The molecule has 0 aliphatic carbocycles. The predicted molar refractivity (Wildman–Crippen MR) is 74.5 cm³/mol. The van der Waals surface area contributed by atoms with E-state index in [1.165, 1.54) is 0 Å². The molecule has 1 atom stereocenters. The molecular formula is C14H21N3O2. The smallest absolute Gasteiger partial charge is 0.248 e. The summed E-state index contributed by atoms with van der Waals surface area (Å²) >= 11 is 0. The van der Waals surface area contributed by atoms with Gasteiger partial charge in [0.15, 0.2) is 0 Å². The second kappa shape index (κ2) is 6.04. The summed E-state index contributed by atoms with van der Waals surface area (Å²) in [5.41, 5.74) is 13.2. The van der Waals surface area contributed by atoms with Gasteiger partial charge < -0.3 is 16.6 Å². The Labute approximate surface area is 113 Å². The zero-order valence-corrected chi connectivity index (χ0v) is 11.0. The van der Waals surface area contributed by atoms with Gasteiger partial charge in [0.25, 0.3) is 0 Å². The van der Waals surface area contributed by atoms with Gasteiger partial charge in [-0.1, -0.05) is 12.5 Å². The lowest BCUT2D eigenvalue weighted by Crippen LogP contribution is -2.41. The van der Waals surface area contributed by atoms with Crippen LogP contribution in [0, 0.1) is 0 Å². The molecule has 19 heavy (non-hydrogen) atoms. The molecule has 1 aromatic carbocycles. The number of likely N-dealkylation sites (tertiary alicyclic amines) is 1. The Bertz CT molecular complexity index is 462. The highest BCUT2D eigenvalue weighted by Crippen LogP contribution is 2.22. The second-order valence-electron chi connectivity index (χ2n) is 5.08. The lowest BCUT2D eigenvalue weighted by molar-refractivity contribution is 0.0843. The molecule has 1 aliphatic heterocycles. The van der Waals surface area contributed by atoms with E-state index in [-0.39, 0.29) is 12.6 Å². The van der Waals surface area contributed by atoms with Crippen LogP contribution in [0.5, 0.6) is 0 Å². The topological polar surface area (TPSA) is 92.6 Å². The van der Waals surface area contributed by atoms with E-state index in [1.807, 2.05) is 6.07 Å². The number of hydrogen-bond acceptors (Lipinski definition) is 4. The molecule has 1 heterocycles. The van der Waals surface area contributed by atoms with E-state index in [0.717, 1.165) is 31.4 Å². The van der Waals surface area contributed by atoms with Gasteiger partial charge in [-0.3, -0.25) is 9.69 Å². The largest absolute Gasteiger partial charge is 0.398 e. The van der Waals surface area contributed by atoms with Crippen LogP contribution in [0.15, 0.2) is 18.2 Å². The number of carbonyl (C=O) groups is 1. The van der Waals surface area contributed by atoms with E-state index >= 15 is 0 Å². The molecule has 5 N–H and O–H groups in total. The van der Waals surface area contributed by atoms with E-state index in [9.17, 15) is 9.90 Å². The monoisotopic (exact) mass is 263 g/mol. The number of primary amides is 1. The summed E-state index contributed by atoms with van der Waals surface area (Å²) in [6.07, 6.45) is 3.34. The van der Waals surface area contributed by atoms with Crippen molar-refractivity contribution in [1.29, 1.82) is 0 Å². The van der Waals surface area contributed by atoms with Crippen molar-refractivity contribution in [3.63, 3.8) is 0 Å². The Kier molecular flexibility index (Phi) is 4.39. The quantitative estimate of drug-likeness (QED) is 0.698. The molecule has 0 radical (unpaired) electrons. The minimum atomic E-state index is -0.468. The highest BCUT2D eigenvalue weighted by atomic mass is 16.3. The van der Waals surface area contributed by atoms with Gasteiger partial charge in [0.2, 0.25) is 5.91 Å². The molecule has 5 nitrogen and oxygen atoms in total. The van der Waals surface area contributed by atoms with E-state index < -0.39 is 5.91 Å². The van der Waals surface area contributed by atoms with Gasteiger partial charge in [0, 0.05) is 23.8 Å². The predicted octanol–water partition coefficient (Wildman–Crippen LogP) is 0.714. The zero-order chi connectivity index (χ0) is 13.8. The van der Waals surface area contributed by atoms with Crippen molar-refractivity contribution in [2.24, 2.45) is 5.73 Å². The first kappa shape index (κ1) is 13.8. The Morgan fingerprint density at radius 2 is 2.21 bits per heavy atom. The molecule has 0 aromatic heterocycles. The molecule has 1 aliphatic rings. The standard InChI is InChI=1S/C14H21N3O2/c15-13-7-10(14(16)19)4-5-11(13)8-17-6-2-1-3-12(17)9-18/h4-5,7,12,18H,1-3,6,8-9,15H2,(H2,16,19). The summed E-state index contributed by atoms with van der Waals surface area (Å²) in [7, 11) is 0. The van der Waals surface area contributed by atoms with Gasteiger partial charge in [-0.05, 0) is 37.1 Å². The number of nitrogens with two attached hydrogens (primary N) is 2. The first-order valence-corrected chi connectivity index (χ1v) is 6.65. The van der Waals surface area contributed by atoms with E-state index in [2.05, 4.69) is 4.90 Å². The van der Waals surface area contributed by atoms with Crippen molar-refractivity contribution in [2.75, 3.05) is 18.9 Å². The Morgan fingerprint density at radius 1 is 1.42 bits per heavy atom. The van der Waals surface area contributed by atoms with Gasteiger partial charge in [-0.25, -0.2) is 0 Å². The molecule has 1 saturated heterocycles. The first-order chi connectivity index (χ1) is 9.11. The van der Waals surface area contributed by atoms with Crippen molar-refractivity contribution in [3.05, 3.63) is 29.3 Å². The minimum Gasteiger partial charge on any atom is -0.398 e. The average Bonchev–Trinajstić information content (AvgIpc) is 2.41. The van der Waals surface area contributed by atoms with Crippen LogP contribution in [0.1, 0.15) is 35.2 Å². The Hall–Kier alpha value is -1.59. The summed E-state index contributed by atoms with van der Waals surface area (Å²) in [6.45, 7) is 1.86. The summed E-state index contributed by atoms with van der Waals surface area (Å²) in [5.74, 6) is -0.468. The van der Waals surface area contributed by atoms with Crippen LogP contribution in [0.25, 0.3) is 0 Å². The van der Waals surface area contributed by atoms with Gasteiger partial charge in [-0.15, -0.1) is 0 Å². The van der Waals surface area contributed by atoms with Crippen molar-refractivity contribution < 1.29 is 9.90 Å². The van der Waals surface area contributed by atoms with E-state index in [0.29, 0.717) is 17.8 Å². The summed E-state index contributed by atoms with van der Waals surface area (Å²) in [6, 6.07) is 5.38. The number of amides is 1. The lowest BCUT2D eigenvalue weighted by atomic mass is 10.0. The van der Waals surface area contributed by atoms with Crippen LogP contribution in [-0.2, 0) is 6.54 Å². The summed E-state index contributed by atoms with van der Waals surface area (Å²) in [5, 5.41) is 9.39. The van der Waals surface area contributed by atoms with Crippen molar-refractivity contribution in [2.45, 2.75) is 31.8 Å². The molecular weight excluding hydrogens is 242 g/mol. The number of rotatable bonds is 4. The SMILES string of the molecule is NC(=O)c1ccc(CN2CCCCC2CO)c(N)c1. The van der Waals surface area contributed by atoms with Crippen LogP contribution in [0.2, 0.25) is 0 Å². The van der Waals surface area contributed by atoms with Crippen LogP contribution in [0.3, 0.4) is 0 Å². The molecule has 0 spiro atoms. The average molecular weight is 263 g/mol. The first-order valence-electron chi connectivity index (χ1n) is 6.65. The molecule has 1 fully saturated rings. The van der Waals surface area contributed by atoms with Crippen LogP contribution in [-0.4, -0.2) is 35.1 Å².